The molecule has 0 bridgehead atoms. The largest absolute Gasteiger partial charge is 0.343 e. The number of rotatable bonds is 8. The van der Waals surface area contributed by atoms with Crippen LogP contribution in [0.1, 0.15) is 6.42 Å². The van der Waals surface area contributed by atoms with Crippen LogP contribution < -0.4 is 16.6 Å². The van der Waals surface area contributed by atoms with Gasteiger partial charge in [-0.15, -0.1) is 11.3 Å². The summed E-state index contributed by atoms with van der Waals surface area (Å²) in [6, 6.07) is 7.24. The molecule has 1 atom stereocenters. The van der Waals surface area contributed by atoms with E-state index in [1.54, 1.807) is 23.1 Å². The zero-order valence-electron chi connectivity index (χ0n) is 12.6. The minimum atomic E-state index is -0.601. The summed E-state index contributed by atoms with van der Waals surface area (Å²) >= 11 is 4.53. The van der Waals surface area contributed by atoms with Crippen molar-refractivity contribution < 1.29 is 9.59 Å². The summed E-state index contributed by atoms with van der Waals surface area (Å²) in [5.41, 5.74) is 3.02. The predicted octanol–water partition coefficient (Wildman–Crippen LogP) is 1.62. The number of thiazole rings is 1. The molecule has 1 heterocycles. The van der Waals surface area contributed by atoms with Crippen LogP contribution >= 0.6 is 34.9 Å². The zero-order valence-corrected chi connectivity index (χ0v) is 15.0. The van der Waals surface area contributed by atoms with Gasteiger partial charge in [-0.2, -0.15) is 11.8 Å². The van der Waals surface area contributed by atoms with E-state index in [-0.39, 0.29) is 17.6 Å². The van der Waals surface area contributed by atoms with E-state index >= 15 is 0 Å². The Morgan fingerprint density at radius 3 is 2.87 bits per heavy atom. The molecular weight excluding hydrogens is 352 g/mol. The van der Waals surface area contributed by atoms with Gasteiger partial charge >= 0.3 is 0 Å². The number of fused-ring (bicyclic) bond motifs is 1. The van der Waals surface area contributed by atoms with E-state index in [4.69, 9.17) is 5.84 Å². The molecule has 6 nitrogen and oxygen atoms in total. The lowest BCUT2D eigenvalue weighted by Crippen LogP contribution is -2.49. The molecule has 4 N–H and O–H groups in total. The summed E-state index contributed by atoms with van der Waals surface area (Å²) in [5, 5.41) is 2.72. The Balaban J connectivity index is 1.88. The lowest BCUT2D eigenvalue weighted by molar-refractivity contribution is -0.128. The highest BCUT2D eigenvalue weighted by molar-refractivity contribution is 8.01. The quantitative estimate of drug-likeness (QED) is 0.283. The molecule has 1 aromatic heterocycles. The number of carbonyl (C=O) groups excluding carboxylic acids is 2. The maximum absolute atomic E-state index is 12.0. The van der Waals surface area contributed by atoms with E-state index in [0.29, 0.717) is 6.42 Å². The Morgan fingerprint density at radius 1 is 1.39 bits per heavy atom. The molecule has 0 fully saturated rings. The highest BCUT2D eigenvalue weighted by atomic mass is 32.2. The van der Waals surface area contributed by atoms with Gasteiger partial charge in [0, 0.05) is 0 Å². The number of nitrogens with zero attached hydrogens (tertiary/aromatic N) is 1. The van der Waals surface area contributed by atoms with E-state index in [2.05, 4.69) is 15.7 Å². The summed E-state index contributed by atoms with van der Waals surface area (Å²) in [5.74, 6) is 5.56. The Bertz CT molecular complexity index is 644. The first kappa shape index (κ1) is 18.1. The van der Waals surface area contributed by atoms with Crippen LogP contribution in [-0.4, -0.2) is 40.6 Å². The van der Waals surface area contributed by atoms with Crippen molar-refractivity contribution in [2.24, 2.45) is 5.84 Å². The van der Waals surface area contributed by atoms with Crippen molar-refractivity contribution in [2.45, 2.75) is 16.8 Å². The molecule has 0 saturated heterocycles. The number of carbonyl (C=O) groups is 2. The average molecular weight is 371 g/mol. The molecule has 2 rings (SSSR count). The lowest BCUT2D eigenvalue weighted by Gasteiger charge is -2.16. The van der Waals surface area contributed by atoms with Crippen molar-refractivity contribution in [3.63, 3.8) is 0 Å². The second-order valence-corrected chi connectivity index (χ2v) is 7.89. The Labute approximate surface area is 147 Å². The summed E-state index contributed by atoms with van der Waals surface area (Å²) in [4.78, 5) is 28.2. The van der Waals surface area contributed by atoms with Crippen molar-refractivity contribution in [2.75, 3.05) is 17.8 Å². The van der Waals surface area contributed by atoms with E-state index < -0.39 is 6.04 Å². The van der Waals surface area contributed by atoms with Crippen LogP contribution in [0.5, 0.6) is 0 Å². The average Bonchev–Trinajstić information content (AvgIpc) is 2.99. The van der Waals surface area contributed by atoms with Crippen LogP contribution in [0, 0.1) is 0 Å². The first-order chi connectivity index (χ1) is 11.1. The van der Waals surface area contributed by atoms with Crippen molar-refractivity contribution in [1.29, 1.82) is 0 Å². The van der Waals surface area contributed by atoms with Gasteiger partial charge in [0.1, 0.15) is 6.04 Å². The summed E-state index contributed by atoms with van der Waals surface area (Å²) in [6.45, 7) is 0. The molecule has 23 heavy (non-hydrogen) atoms. The smallest absolute Gasteiger partial charge is 0.256 e. The fraction of sp³-hybridized carbons (Fsp3) is 0.357. The molecule has 0 aliphatic rings. The number of hydrazine groups is 1. The Morgan fingerprint density at radius 2 is 2.17 bits per heavy atom. The maximum atomic E-state index is 12.0. The van der Waals surface area contributed by atoms with Gasteiger partial charge in [-0.1, -0.05) is 23.9 Å². The third kappa shape index (κ3) is 5.38. The number of aromatic nitrogens is 1. The van der Waals surface area contributed by atoms with Crippen molar-refractivity contribution in [3.05, 3.63) is 24.3 Å². The highest BCUT2D eigenvalue weighted by Crippen LogP contribution is 2.29. The van der Waals surface area contributed by atoms with Gasteiger partial charge in [-0.25, -0.2) is 10.8 Å². The fourth-order valence-electron chi connectivity index (χ4n) is 1.88. The van der Waals surface area contributed by atoms with Crippen molar-refractivity contribution >= 4 is 56.9 Å². The topological polar surface area (TPSA) is 97.1 Å². The summed E-state index contributed by atoms with van der Waals surface area (Å²) < 4.78 is 1.93. The highest BCUT2D eigenvalue weighted by Gasteiger charge is 2.19. The van der Waals surface area contributed by atoms with Gasteiger partial charge in [0.15, 0.2) is 4.34 Å². The molecule has 9 heteroatoms. The van der Waals surface area contributed by atoms with Crippen molar-refractivity contribution in [1.82, 2.24) is 15.7 Å². The minimum absolute atomic E-state index is 0.205. The molecule has 0 saturated carbocycles. The number of para-hydroxylation sites is 1. The van der Waals surface area contributed by atoms with E-state index in [9.17, 15) is 9.59 Å². The van der Waals surface area contributed by atoms with E-state index in [0.717, 1.165) is 20.3 Å². The molecule has 1 aromatic carbocycles. The molecule has 0 aliphatic heterocycles. The van der Waals surface area contributed by atoms with E-state index in [1.165, 1.54) is 11.8 Å². The van der Waals surface area contributed by atoms with Gasteiger partial charge in [0.25, 0.3) is 5.91 Å². The van der Waals surface area contributed by atoms with Gasteiger partial charge in [0.05, 0.1) is 16.0 Å². The van der Waals surface area contributed by atoms with Gasteiger partial charge in [-0.3, -0.25) is 15.0 Å². The molecule has 0 radical (unpaired) electrons. The molecule has 2 amide bonds. The first-order valence-corrected chi connectivity index (χ1v) is 10.1. The third-order valence-corrected chi connectivity index (χ3v) is 5.83. The normalized spacial score (nSPS) is 12.1. The Hall–Kier alpha value is -1.29. The molecule has 124 valence electrons. The van der Waals surface area contributed by atoms with Crippen LogP contribution in [0.25, 0.3) is 10.2 Å². The van der Waals surface area contributed by atoms with Gasteiger partial charge in [-0.05, 0) is 30.6 Å². The molecule has 0 aliphatic carbocycles. The number of nitrogens with two attached hydrogens (primary N) is 1. The SMILES string of the molecule is CSCCC(NC(=O)CSc1nc2ccccc2s1)C(=O)NN. The maximum Gasteiger partial charge on any atom is 0.256 e. The number of benzene rings is 1. The summed E-state index contributed by atoms with van der Waals surface area (Å²) in [6.07, 6.45) is 2.49. The van der Waals surface area contributed by atoms with Crippen LogP contribution in [-0.2, 0) is 9.59 Å². The van der Waals surface area contributed by atoms with Gasteiger partial charge < -0.3 is 5.32 Å². The van der Waals surface area contributed by atoms with Gasteiger partial charge in [0.2, 0.25) is 5.91 Å². The fourth-order valence-corrected chi connectivity index (χ4v) is 4.23. The zero-order chi connectivity index (χ0) is 16.7. The predicted molar refractivity (Wildman–Crippen MR) is 97.6 cm³/mol. The standard InChI is InChI=1S/C14H18N4O2S3/c1-21-7-6-10(13(20)18-15)16-12(19)8-22-14-17-9-4-2-3-5-11(9)23-14/h2-5,10H,6-8,15H2,1H3,(H,16,19)(H,18,20). The van der Waals surface area contributed by atoms with E-state index in [1.807, 2.05) is 30.5 Å². The lowest BCUT2D eigenvalue weighted by atomic mass is 10.2. The number of amides is 2. The number of nitrogens with one attached hydrogen (secondary N) is 2. The first-order valence-electron chi connectivity index (χ1n) is 6.91. The molecular formula is C14H18N4O2S3. The van der Waals surface area contributed by atoms with Crippen LogP contribution in [0.15, 0.2) is 28.6 Å². The van der Waals surface area contributed by atoms with Crippen LogP contribution in [0.3, 0.4) is 0 Å². The number of hydrogen-bond donors (Lipinski definition) is 3. The minimum Gasteiger partial charge on any atom is -0.343 e. The Kier molecular flexibility index (Phi) is 7.15. The van der Waals surface area contributed by atoms with Crippen LogP contribution in [0.4, 0.5) is 0 Å². The number of hydrogen-bond acceptors (Lipinski definition) is 7. The second-order valence-electron chi connectivity index (χ2n) is 4.65. The molecule has 0 spiro atoms. The molecule has 2 aromatic rings. The number of thioether (sulfide) groups is 2. The van der Waals surface area contributed by atoms with Crippen LogP contribution in [0.2, 0.25) is 0 Å². The monoisotopic (exact) mass is 370 g/mol. The second kappa shape index (κ2) is 9.11. The van der Waals surface area contributed by atoms with Crippen molar-refractivity contribution in [3.8, 4) is 0 Å². The summed E-state index contributed by atoms with van der Waals surface area (Å²) in [7, 11) is 0. The molecule has 1 unspecified atom stereocenters. The third-order valence-electron chi connectivity index (χ3n) is 3.01.